The summed E-state index contributed by atoms with van der Waals surface area (Å²) in [7, 11) is 1.34. The molecular weight excluding hydrogens is 563 g/mol. The molecule has 4 N–H and O–H groups in total. The van der Waals surface area contributed by atoms with Gasteiger partial charge in [0, 0.05) is 65.5 Å². The number of nitrogens with one attached hydrogen (secondary N) is 4. The molecule has 1 saturated carbocycles. The van der Waals surface area contributed by atoms with Gasteiger partial charge in [0.2, 0.25) is 0 Å². The highest BCUT2D eigenvalue weighted by Crippen LogP contribution is 2.26. The van der Waals surface area contributed by atoms with E-state index in [0.29, 0.717) is 35.4 Å². The lowest BCUT2D eigenvalue weighted by Crippen LogP contribution is -2.53. The molecule has 3 amide bonds. The molecule has 13 heteroatoms. The molecule has 210 valence electrons. The lowest BCUT2D eigenvalue weighted by atomic mass is 9.90. The number of rotatable bonds is 7. The zero-order chi connectivity index (χ0) is 26.6. The number of methoxy groups -OCH3 is 1. The molecule has 0 radical (unpaired) electrons. The summed E-state index contributed by atoms with van der Waals surface area (Å²) in [4.78, 5) is 48.5. The number of nitrogens with zero attached hydrogens (tertiary/aromatic N) is 2. The van der Waals surface area contributed by atoms with Crippen LogP contribution in [-0.2, 0) is 17.7 Å². The van der Waals surface area contributed by atoms with Crippen molar-refractivity contribution in [3.05, 3.63) is 50.6 Å². The van der Waals surface area contributed by atoms with Gasteiger partial charge in [0.1, 0.15) is 5.69 Å². The molecule has 10 nitrogen and oxygen atoms in total. The molecule has 0 bridgehead atoms. The monoisotopic (exact) mass is 594 g/mol. The fourth-order valence-electron chi connectivity index (χ4n) is 5.10. The summed E-state index contributed by atoms with van der Waals surface area (Å²) in [5.41, 5.74) is 2.28. The maximum absolute atomic E-state index is 13.2. The number of halogens is 2. The SMILES string of the molecule is COC(=O)NCCN1CCc2nc(C(=O)N[C@H]3CCCC[C@H]3NC(=O)c3cc4cc(Cl)ccc4[nH]3)sc2C1.Cl. The second kappa shape index (κ2) is 13.0. The predicted octanol–water partition coefficient (Wildman–Crippen LogP) is 3.88. The Balaban J connectivity index is 0.00000353. The van der Waals surface area contributed by atoms with Crippen molar-refractivity contribution in [1.82, 2.24) is 30.8 Å². The van der Waals surface area contributed by atoms with E-state index < -0.39 is 6.09 Å². The van der Waals surface area contributed by atoms with Crippen LogP contribution < -0.4 is 16.0 Å². The Morgan fingerprint density at radius 1 is 1.15 bits per heavy atom. The minimum absolute atomic E-state index is 0. The van der Waals surface area contributed by atoms with Gasteiger partial charge in [0.15, 0.2) is 5.01 Å². The lowest BCUT2D eigenvalue weighted by Gasteiger charge is -2.32. The summed E-state index contributed by atoms with van der Waals surface area (Å²) in [5.74, 6) is -0.398. The van der Waals surface area contributed by atoms with E-state index in [-0.39, 0.29) is 36.3 Å². The minimum atomic E-state index is -0.442. The smallest absolute Gasteiger partial charge is 0.406 e. The molecular formula is C26H32Cl2N6O4S. The largest absolute Gasteiger partial charge is 0.453 e. The first-order valence-electron chi connectivity index (χ1n) is 12.8. The summed E-state index contributed by atoms with van der Waals surface area (Å²) in [6.45, 7) is 2.70. The van der Waals surface area contributed by atoms with Crippen molar-refractivity contribution in [1.29, 1.82) is 0 Å². The van der Waals surface area contributed by atoms with Crippen LogP contribution in [0.4, 0.5) is 4.79 Å². The van der Waals surface area contributed by atoms with Gasteiger partial charge in [-0.3, -0.25) is 14.5 Å². The van der Waals surface area contributed by atoms with Gasteiger partial charge < -0.3 is 25.7 Å². The van der Waals surface area contributed by atoms with E-state index >= 15 is 0 Å². The second-order valence-electron chi connectivity index (χ2n) is 9.69. The number of carbonyl (C=O) groups excluding carboxylic acids is 3. The number of aromatic amines is 1. The third-order valence-corrected chi connectivity index (χ3v) is 8.43. The Morgan fingerprint density at radius 3 is 2.64 bits per heavy atom. The number of hydrogen-bond acceptors (Lipinski definition) is 7. The van der Waals surface area contributed by atoms with Crippen molar-refractivity contribution >= 4 is 64.2 Å². The number of ether oxygens (including phenoxy) is 1. The zero-order valence-corrected chi connectivity index (χ0v) is 23.9. The van der Waals surface area contributed by atoms with Crippen LogP contribution in [0.2, 0.25) is 5.02 Å². The number of hydrogen-bond donors (Lipinski definition) is 4. The van der Waals surface area contributed by atoms with Crippen LogP contribution in [0.3, 0.4) is 0 Å². The third kappa shape index (κ3) is 7.02. The summed E-state index contributed by atoms with van der Waals surface area (Å²) >= 11 is 7.49. The summed E-state index contributed by atoms with van der Waals surface area (Å²) < 4.78 is 4.61. The van der Waals surface area contributed by atoms with Crippen LogP contribution in [0.25, 0.3) is 10.9 Å². The van der Waals surface area contributed by atoms with Gasteiger partial charge in [-0.2, -0.15) is 0 Å². The van der Waals surface area contributed by atoms with Gasteiger partial charge >= 0.3 is 6.09 Å². The minimum Gasteiger partial charge on any atom is -0.453 e. The van der Waals surface area contributed by atoms with E-state index in [9.17, 15) is 14.4 Å². The molecule has 0 saturated heterocycles. The highest BCUT2D eigenvalue weighted by atomic mass is 35.5. The fourth-order valence-corrected chi connectivity index (χ4v) is 6.34. The van der Waals surface area contributed by atoms with Crippen molar-refractivity contribution in [3.63, 3.8) is 0 Å². The molecule has 39 heavy (non-hydrogen) atoms. The maximum atomic E-state index is 13.2. The van der Waals surface area contributed by atoms with E-state index in [2.05, 4.69) is 35.6 Å². The molecule has 2 aromatic heterocycles. The van der Waals surface area contributed by atoms with Crippen LogP contribution in [0.15, 0.2) is 24.3 Å². The molecule has 1 aliphatic heterocycles. The average Bonchev–Trinajstić information content (AvgIpc) is 3.53. The average molecular weight is 596 g/mol. The van der Waals surface area contributed by atoms with Crippen molar-refractivity contribution in [2.75, 3.05) is 26.7 Å². The number of H-pyrrole nitrogens is 1. The molecule has 5 rings (SSSR count). The quantitative estimate of drug-likeness (QED) is 0.328. The fraction of sp³-hybridized carbons (Fsp3) is 0.462. The van der Waals surface area contributed by atoms with Gasteiger partial charge in [0.25, 0.3) is 11.8 Å². The first-order valence-corrected chi connectivity index (χ1v) is 14.0. The summed E-state index contributed by atoms with van der Waals surface area (Å²) in [6, 6.07) is 6.92. The first kappa shape index (κ1) is 29.1. The van der Waals surface area contributed by atoms with E-state index in [1.807, 2.05) is 12.1 Å². The third-order valence-electron chi connectivity index (χ3n) is 7.11. The number of alkyl carbamates (subject to hydrolysis) is 1. The highest BCUT2D eigenvalue weighted by molar-refractivity contribution is 7.13. The summed E-state index contributed by atoms with van der Waals surface area (Å²) in [5, 5.41) is 10.9. The number of amides is 3. The van der Waals surface area contributed by atoms with Crippen molar-refractivity contribution in [2.24, 2.45) is 0 Å². The van der Waals surface area contributed by atoms with Crippen LogP contribution in [0.5, 0.6) is 0 Å². The Labute approximate surface area is 241 Å². The van der Waals surface area contributed by atoms with E-state index in [4.69, 9.17) is 11.6 Å². The number of carbonyl (C=O) groups is 3. The number of fused-ring (bicyclic) bond motifs is 2. The van der Waals surface area contributed by atoms with E-state index in [1.54, 1.807) is 12.1 Å². The number of thiazole rings is 1. The van der Waals surface area contributed by atoms with Crippen LogP contribution >= 0.6 is 35.3 Å². The van der Waals surface area contributed by atoms with Crippen LogP contribution in [-0.4, -0.2) is 71.6 Å². The Morgan fingerprint density at radius 2 is 1.90 bits per heavy atom. The normalized spacial score (nSPS) is 19.0. The summed E-state index contributed by atoms with van der Waals surface area (Å²) in [6.07, 6.45) is 3.89. The van der Waals surface area contributed by atoms with Gasteiger partial charge in [0.05, 0.1) is 12.8 Å². The van der Waals surface area contributed by atoms with Gasteiger partial charge in [-0.25, -0.2) is 9.78 Å². The number of aromatic nitrogens is 2. The predicted molar refractivity (Wildman–Crippen MR) is 153 cm³/mol. The molecule has 0 spiro atoms. The molecule has 1 aliphatic carbocycles. The maximum Gasteiger partial charge on any atom is 0.406 e. The standard InChI is InChI=1S/C26H31ClN6O4S.ClH/c1-37-26(36)28-9-11-33-10-8-20-22(14-33)38-25(32-20)24(35)31-19-5-3-2-4-18(19)30-23(34)21-13-15-12-16(27)6-7-17(15)29-21;/h6-7,12-13,18-19,29H,2-5,8-11,14H2,1H3,(H,28,36)(H,30,34)(H,31,35);1H/t18-,19+;/m1./s1. The second-order valence-corrected chi connectivity index (χ2v) is 11.2. The van der Waals surface area contributed by atoms with E-state index in [1.165, 1.54) is 18.4 Å². The van der Waals surface area contributed by atoms with Crippen LogP contribution in [0, 0.1) is 0 Å². The van der Waals surface area contributed by atoms with Crippen LogP contribution in [0.1, 0.15) is 56.5 Å². The molecule has 3 aromatic rings. The van der Waals surface area contributed by atoms with Crippen molar-refractivity contribution < 1.29 is 19.1 Å². The molecule has 2 atom stereocenters. The van der Waals surface area contributed by atoms with Crippen molar-refractivity contribution in [2.45, 2.75) is 50.7 Å². The Hall–Kier alpha value is -2.86. The Kier molecular flexibility index (Phi) is 9.71. The molecule has 0 unspecified atom stereocenters. The number of benzene rings is 1. The van der Waals surface area contributed by atoms with Crippen molar-refractivity contribution in [3.8, 4) is 0 Å². The van der Waals surface area contributed by atoms with Gasteiger partial charge in [-0.15, -0.1) is 23.7 Å². The molecule has 1 fully saturated rings. The van der Waals surface area contributed by atoms with Gasteiger partial charge in [-0.1, -0.05) is 24.4 Å². The highest BCUT2D eigenvalue weighted by Gasteiger charge is 2.30. The molecule has 3 heterocycles. The topological polar surface area (TPSA) is 128 Å². The zero-order valence-electron chi connectivity index (χ0n) is 21.5. The first-order chi connectivity index (χ1) is 18.4. The Bertz CT molecular complexity index is 1350. The lowest BCUT2D eigenvalue weighted by molar-refractivity contribution is 0.0860. The molecule has 2 aliphatic rings. The molecule has 1 aromatic carbocycles. The van der Waals surface area contributed by atoms with Gasteiger partial charge in [-0.05, 0) is 37.1 Å². The van der Waals surface area contributed by atoms with E-state index in [0.717, 1.165) is 60.1 Å².